The summed E-state index contributed by atoms with van der Waals surface area (Å²) in [5, 5.41) is 2.89. The quantitative estimate of drug-likeness (QED) is 0.645. The third-order valence-corrected chi connectivity index (χ3v) is 4.43. The van der Waals surface area contributed by atoms with Crippen molar-refractivity contribution in [1.29, 1.82) is 0 Å². The summed E-state index contributed by atoms with van der Waals surface area (Å²) in [5.74, 6) is 0.828. The highest BCUT2D eigenvalue weighted by Crippen LogP contribution is 2.13. The number of rotatable bonds is 8. The Bertz CT molecular complexity index is 872. The van der Waals surface area contributed by atoms with Crippen molar-refractivity contribution >= 4 is 28.5 Å². The van der Waals surface area contributed by atoms with Crippen LogP contribution in [0.4, 0.5) is 5.69 Å². The average Bonchev–Trinajstić information content (AvgIpc) is 3.10. The minimum absolute atomic E-state index is 0.0104. The van der Waals surface area contributed by atoms with E-state index in [0.29, 0.717) is 32.2 Å². The van der Waals surface area contributed by atoms with E-state index in [1.54, 1.807) is 11.9 Å². The molecular weight excluding hydrogens is 340 g/mol. The van der Waals surface area contributed by atoms with Crippen LogP contribution in [-0.2, 0) is 16.0 Å². The normalized spacial score (nSPS) is 10.7. The maximum absolute atomic E-state index is 12.2. The van der Waals surface area contributed by atoms with Crippen LogP contribution in [-0.4, -0.2) is 35.4 Å². The number of benzene rings is 2. The maximum atomic E-state index is 12.2. The van der Waals surface area contributed by atoms with E-state index in [1.165, 1.54) is 0 Å². The summed E-state index contributed by atoms with van der Waals surface area (Å²) in [6.45, 7) is 0.524. The number of carbonyl (C=O) groups excluding carboxylic acids is 2. The average molecular weight is 364 g/mol. The molecule has 0 unspecified atom stereocenters. The van der Waals surface area contributed by atoms with Gasteiger partial charge in [0.15, 0.2) is 0 Å². The van der Waals surface area contributed by atoms with Gasteiger partial charge in [-0.05, 0) is 30.7 Å². The van der Waals surface area contributed by atoms with Gasteiger partial charge in [-0.15, -0.1) is 0 Å². The number of hydrogen-bond acceptors (Lipinski definition) is 3. The maximum Gasteiger partial charge on any atom is 0.226 e. The van der Waals surface area contributed by atoms with Crippen LogP contribution in [0, 0.1) is 0 Å². The molecule has 0 saturated carbocycles. The van der Waals surface area contributed by atoms with Crippen LogP contribution in [0.2, 0.25) is 0 Å². The topological polar surface area (TPSA) is 78.1 Å². The summed E-state index contributed by atoms with van der Waals surface area (Å²) in [5.41, 5.74) is 2.79. The lowest BCUT2D eigenvalue weighted by molar-refractivity contribution is -0.121. The second kappa shape index (κ2) is 8.98. The second-order valence-electron chi connectivity index (χ2n) is 6.44. The number of anilines is 1. The Hall–Kier alpha value is -3.15. The summed E-state index contributed by atoms with van der Waals surface area (Å²) < 4.78 is 0. The van der Waals surface area contributed by atoms with Crippen molar-refractivity contribution in [3.05, 3.63) is 60.4 Å². The smallest absolute Gasteiger partial charge is 0.226 e. The van der Waals surface area contributed by atoms with Gasteiger partial charge in [-0.1, -0.05) is 30.3 Å². The number of nitrogens with zero attached hydrogens (tertiary/aromatic N) is 2. The van der Waals surface area contributed by atoms with Crippen LogP contribution in [0.1, 0.15) is 25.1 Å². The second-order valence-corrected chi connectivity index (χ2v) is 6.44. The van der Waals surface area contributed by atoms with Crippen LogP contribution in [0.25, 0.3) is 11.0 Å². The van der Waals surface area contributed by atoms with Crippen LogP contribution in [0.15, 0.2) is 54.6 Å². The van der Waals surface area contributed by atoms with Crippen LogP contribution < -0.4 is 10.2 Å². The molecule has 2 aromatic carbocycles. The molecule has 0 spiro atoms. The van der Waals surface area contributed by atoms with Gasteiger partial charge in [0.2, 0.25) is 11.8 Å². The van der Waals surface area contributed by atoms with Gasteiger partial charge in [0.1, 0.15) is 5.82 Å². The first kappa shape index (κ1) is 18.6. The molecule has 0 fully saturated rings. The number of aromatic amines is 1. The Labute approximate surface area is 158 Å². The Morgan fingerprint density at radius 2 is 1.78 bits per heavy atom. The lowest BCUT2D eigenvalue weighted by Crippen LogP contribution is -2.28. The molecule has 1 heterocycles. The highest BCUT2D eigenvalue weighted by molar-refractivity contribution is 5.93. The first-order chi connectivity index (χ1) is 13.1. The molecule has 0 atom stereocenters. The van der Waals surface area contributed by atoms with Crippen molar-refractivity contribution in [2.45, 2.75) is 25.7 Å². The van der Waals surface area contributed by atoms with Gasteiger partial charge in [-0.25, -0.2) is 4.98 Å². The Kier molecular flexibility index (Phi) is 6.20. The number of para-hydroxylation sites is 3. The van der Waals surface area contributed by atoms with E-state index in [-0.39, 0.29) is 11.8 Å². The predicted molar refractivity (Wildman–Crippen MR) is 107 cm³/mol. The number of nitrogens with one attached hydrogen (secondary N) is 2. The molecule has 0 aliphatic carbocycles. The molecule has 0 bridgehead atoms. The number of carbonyl (C=O) groups is 2. The van der Waals surface area contributed by atoms with Crippen molar-refractivity contribution in [3.8, 4) is 0 Å². The summed E-state index contributed by atoms with van der Waals surface area (Å²) in [7, 11) is 1.76. The molecule has 2 amide bonds. The van der Waals surface area contributed by atoms with E-state index < -0.39 is 0 Å². The fourth-order valence-electron chi connectivity index (χ4n) is 2.90. The minimum atomic E-state index is -0.0405. The largest absolute Gasteiger partial charge is 0.356 e. The number of hydrogen-bond donors (Lipinski definition) is 2. The molecule has 3 rings (SSSR count). The Morgan fingerprint density at radius 1 is 1.04 bits per heavy atom. The summed E-state index contributed by atoms with van der Waals surface area (Å²) in [4.78, 5) is 33.5. The van der Waals surface area contributed by atoms with Crippen molar-refractivity contribution < 1.29 is 9.59 Å². The van der Waals surface area contributed by atoms with Gasteiger partial charge in [-0.3, -0.25) is 9.59 Å². The third kappa shape index (κ3) is 5.17. The molecule has 27 heavy (non-hydrogen) atoms. The predicted octanol–water partition coefficient (Wildman–Crippen LogP) is 3.05. The van der Waals surface area contributed by atoms with Crippen LogP contribution in [0.3, 0.4) is 0 Å². The van der Waals surface area contributed by atoms with E-state index in [9.17, 15) is 9.59 Å². The number of amides is 2. The molecule has 0 aliphatic heterocycles. The lowest BCUT2D eigenvalue weighted by atomic mass is 10.2. The molecule has 2 N–H and O–H groups in total. The van der Waals surface area contributed by atoms with Crippen molar-refractivity contribution in [2.24, 2.45) is 0 Å². The zero-order valence-corrected chi connectivity index (χ0v) is 15.4. The Balaban J connectivity index is 1.35. The van der Waals surface area contributed by atoms with Gasteiger partial charge in [0.25, 0.3) is 0 Å². The number of fused-ring (bicyclic) bond motifs is 1. The molecular formula is C21H24N4O2. The van der Waals surface area contributed by atoms with E-state index in [1.807, 2.05) is 54.6 Å². The molecule has 6 heteroatoms. The van der Waals surface area contributed by atoms with Gasteiger partial charge < -0.3 is 15.2 Å². The van der Waals surface area contributed by atoms with Gasteiger partial charge in [-0.2, -0.15) is 0 Å². The van der Waals surface area contributed by atoms with Crippen molar-refractivity contribution in [1.82, 2.24) is 15.3 Å². The first-order valence-electron chi connectivity index (χ1n) is 9.15. The van der Waals surface area contributed by atoms with E-state index in [2.05, 4.69) is 15.3 Å². The summed E-state index contributed by atoms with van der Waals surface area (Å²) >= 11 is 0. The highest BCUT2D eigenvalue weighted by atomic mass is 16.2. The molecule has 0 saturated heterocycles. The molecule has 0 radical (unpaired) electrons. The molecule has 1 aromatic heterocycles. The van der Waals surface area contributed by atoms with Crippen LogP contribution in [0.5, 0.6) is 0 Å². The van der Waals surface area contributed by atoms with Gasteiger partial charge >= 0.3 is 0 Å². The van der Waals surface area contributed by atoms with Crippen molar-refractivity contribution in [3.63, 3.8) is 0 Å². The fraction of sp³-hybridized carbons (Fsp3) is 0.286. The third-order valence-electron chi connectivity index (χ3n) is 4.43. The molecule has 3 aromatic rings. The number of imidazole rings is 1. The molecule has 140 valence electrons. The van der Waals surface area contributed by atoms with Gasteiger partial charge in [0.05, 0.1) is 11.0 Å². The monoisotopic (exact) mass is 364 g/mol. The number of H-pyrrole nitrogens is 1. The highest BCUT2D eigenvalue weighted by Gasteiger charge is 2.11. The summed E-state index contributed by atoms with van der Waals surface area (Å²) in [6, 6.07) is 17.3. The standard InChI is InChI=1S/C21H24N4O2/c1-25(16-8-3-2-4-9-16)21(27)13-7-12-20(26)22-15-14-19-23-17-10-5-6-11-18(17)24-19/h2-6,8-11H,7,12-15H2,1H3,(H,22,26)(H,23,24). The molecule has 6 nitrogen and oxygen atoms in total. The van der Waals surface area contributed by atoms with Crippen molar-refractivity contribution in [2.75, 3.05) is 18.5 Å². The van der Waals surface area contributed by atoms with Crippen LogP contribution >= 0.6 is 0 Å². The first-order valence-corrected chi connectivity index (χ1v) is 9.15. The summed E-state index contributed by atoms with van der Waals surface area (Å²) in [6.07, 6.45) is 1.87. The van der Waals surface area contributed by atoms with E-state index >= 15 is 0 Å². The number of aromatic nitrogens is 2. The zero-order chi connectivity index (χ0) is 19.1. The van der Waals surface area contributed by atoms with E-state index in [0.717, 1.165) is 22.5 Å². The fourth-order valence-corrected chi connectivity index (χ4v) is 2.90. The van der Waals surface area contributed by atoms with E-state index in [4.69, 9.17) is 0 Å². The minimum Gasteiger partial charge on any atom is -0.356 e. The molecule has 0 aliphatic rings. The zero-order valence-electron chi connectivity index (χ0n) is 15.4. The Morgan fingerprint density at radius 3 is 2.56 bits per heavy atom. The lowest BCUT2D eigenvalue weighted by Gasteiger charge is -2.17. The van der Waals surface area contributed by atoms with Gasteiger partial charge in [0, 0.05) is 38.5 Å². The SMILES string of the molecule is CN(C(=O)CCCC(=O)NCCc1nc2ccccc2[nH]1)c1ccccc1.